The number of phenolic OH excluding ortho intramolecular Hbond substituents is 1. The van der Waals surface area contributed by atoms with Crippen molar-refractivity contribution in [3.8, 4) is 5.75 Å². The highest BCUT2D eigenvalue weighted by molar-refractivity contribution is 5.92. The number of benzene rings is 1. The molecule has 1 heterocycles. The zero-order valence-electron chi connectivity index (χ0n) is 12.1. The number of nitrogens with one attached hydrogen (secondary N) is 1. The monoisotopic (exact) mass is 288 g/mol. The molecule has 0 aliphatic carbocycles. The fourth-order valence-corrected chi connectivity index (χ4v) is 2.18. The van der Waals surface area contributed by atoms with E-state index in [1.807, 2.05) is 12.1 Å². The Hall–Kier alpha value is -2.30. The second-order valence-corrected chi connectivity index (χ2v) is 4.88. The topological polar surface area (TPSA) is 71.5 Å². The van der Waals surface area contributed by atoms with E-state index in [1.54, 1.807) is 18.3 Å². The summed E-state index contributed by atoms with van der Waals surface area (Å²) in [5.41, 5.74) is 0. The van der Waals surface area contributed by atoms with Crippen molar-refractivity contribution >= 4 is 22.6 Å². The number of carbonyl (C=O) groups is 1. The lowest BCUT2D eigenvalue weighted by Crippen LogP contribution is -2.04. The Morgan fingerprint density at radius 2 is 2.14 bits per heavy atom. The van der Waals surface area contributed by atoms with Crippen LogP contribution in [-0.4, -0.2) is 29.7 Å². The maximum absolute atomic E-state index is 11.0. The minimum atomic E-state index is -0.158. The van der Waals surface area contributed by atoms with Crippen molar-refractivity contribution in [3.63, 3.8) is 0 Å². The number of pyridine rings is 1. The molecule has 0 saturated heterocycles. The number of aromatic nitrogens is 1. The molecule has 2 aromatic rings. The first-order chi connectivity index (χ1) is 10.2. The summed E-state index contributed by atoms with van der Waals surface area (Å²) < 4.78 is 4.60. The van der Waals surface area contributed by atoms with Gasteiger partial charge < -0.3 is 15.2 Å². The minimum absolute atomic E-state index is 0.158. The molecule has 0 aliphatic heterocycles. The lowest BCUT2D eigenvalue weighted by Gasteiger charge is -2.09. The van der Waals surface area contributed by atoms with Gasteiger partial charge in [-0.05, 0) is 36.4 Å². The van der Waals surface area contributed by atoms with E-state index in [-0.39, 0.29) is 11.7 Å². The zero-order valence-corrected chi connectivity index (χ0v) is 12.1. The van der Waals surface area contributed by atoms with Gasteiger partial charge in [-0.15, -0.1) is 0 Å². The van der Waals surface area contributed by atoms with Crippen LogP contribution < -0.4 is 5.32 Å². The first-order valence-electron chi connectivity index (χ1n) is 7.09. The SMILES string of the molecule is COC(=O)CCCCCNc1nccc2ccc(O)cc12. The zero-order chi connectivity index (χ0) is 15.1. The van der Waals surface area contributed by atoms with Crippen LogP contribution in [0.15, 0.2) is 30.5 Å². The number of hydrogen-bond donors (Lipinski definition) is 2. The second kappa shape index (κ2) is 7.47. The number of rotatable bonds is 7. The molecule has 21 heavy (non-hydrogen) atoms. The quantitative estimate of drug-likeness (QED) is 0.605. The molecule has 0 fully saturated rings. The van der Waals surface area contributed by atoms with E-state index in [0.29, 0.717) is 6.42 Å². The van der Waals surface area contributed by atoms with Crippen molar-refractivity contribution in [2.24, 2.45) is 0 Å². The number of carbonyl (C=O) groups excluding carboxylic acids is 1. The summed E-state index contributed by atoms with van der Waals surface area (Å²) in [6, 6.07) is 7.16. The Balaban J connectivity index is 1.84. The molecule has 2 rings (SSSR count). The van der Waals surface area contributed by atoms with Gasteiger partial charge >= 0.3 is 5.97 Å². The van der Waals surface area contributed by atoms with Crippen LogP contribution >= 0.6 is 0 Å². The van der Waals surface area contributed by atoms with Gasteiger partial charge in [0.1, 0.15) is 11.6 Å². The molecule has 0 saturated carbocycles. The number of esters is 1. The summed E-state index contributed by atoms with van der Waals surface area (Å²) in [6.07, 6.45) is 4.96. The third-order valence-corrected chi connectivity index (χ3v) is 3.33. The number of fused-ring (bicyclic) bond motifs is 1. The molecular formula is C16H20N2O3. The Kier molecular flexibility index (Phi) is 5.37. The number of ether oxygens (including phenoxy) is 1. The van der Waals surface area contributed by atoms with Crippen LogP contribution in [0.25, 0.3) is 10.8 Å². The predicted molar refractivity (Wildman–Crippen MR) is 82.4 cm³/mol. The molecular weight excluding hydrogens is 268 g/mol. The number of nitrogens with zero attached hydrogens (tertiary/aromatic N) is 1. The smallest absolute Gasteiger partial charge is 0.305 e. The number of anilines is 1. The maximum atomic E-state index is 11.0. The molecule has 5 nitrogen and oxygen atoms in total. The van der Waals surface area contributed by atoms with E-state index < -0.39 is 0 Å². The first kappa shape index (κ1) is 15.1. The van der Waals surface area contributed by atoms with E-state index in [1.165, 1.54) is 7.11 Å². The molecule has 2 N–H and O–H groups in total. The maximum Gasteiger partial charge on any atom is 0.305 e. The van der Waals surface area contributed by atoms with Crippen molar-refractivity contribution in [1.29, 1.82) is 0 Å². The minimum Gasteiger partial charge on any atom is -0.508 e. The summed E-state index contributed by atoms with van der Waals surface area (Å²) in [4.78, 5) is 15.3. The molecule has 5 heteroatoms. The van der Waals surface area contributed by atoms with E-state index in [4.69, 9.17) is 0 Å². The van der Waals surface area contributed by atoms with Gasteiger partial charge in [0.2, 0.25) is 0 Å². The lowest BCUT2D eigenvalue weighted by atomic mass is 10.1. The van der Waals surface area contributed by atoms with E-state index >= 15 is 0 Å². The van der Waals surface area contributed by atoms with Gasteiger partial charge in [-0.25, -0.2) is 4.98 Å². The van der Waals surface area contributed by atoms with E-state index in [2.05, 4.69) is 15.0 Å². The molecule has 0 amide bonds. The van der Waals surface area contributed by atoms with Crippen LogP contribution in [-0.2, 0) is 9.53 Å². The Morgan fingerprint density at radius 1 is 1.29 bits per heavy atom. The summed E-state index contributed by atoms with van der Waals surface area (Å²) >= 11 is 0. The molecule has 0 aliphatic rings. The van der Waals surface area contributed by atoms with Crippen molar-refractivity contribution in [2.75, 3.05) is 19.0 Å². The summed E-state index contributed by atoms with van der Waals surface area (Å²) in [6.45, 7) is 0.781. The Morgan fingerprint density at radius 3 is 2.95 bits per heavy atom. The number of methoxy groups -OCH3 is 1. The molecule has 0 atom stereocenters. The van der Waals surface area contributed by atoms with Crippen LogP contribution in [0.4, 0.5) is 5.82 Å². The fraction of sp³-hybridized carbons (Fsp3) is 0.375. The van der Waals surface area contributed by atoms with Crippen LogP contribution in [0.3, 0.4) is 0 Å². The second-order valence-electron chi connectivity index (χ2n) is 4.88. The third-order valence-electron chi connectivity index (χ3n) is 3.33. The fourth-order valence-electron chi connectivity index (χ4n) is 2.18. The highest BCUT2D eigenvalue weighted by Gasteiger charge is 2.03. The Labute approximate surface area is 124 Å². The van der Waals surface area contributed by atoms with Crippen LogP contribution in [0, 0.1) is 0 Å². The summed E-state index contributed by atoms with van der Waals surface area (Å²) in [7, 11) is 1.41. The number of aromatic hydroxyl groups is 1. The lowest BCUT2D eigenvalue weighted by molar-refractivity contribution is -0.140. The number of unbranched alkanes of at least 4 members (excludes halogenated alkanes) is 2. The molecule has 1 aromatic heterocycles. The Bertz CT molecular complexity index is 613. The highest BCUT2D eigenvalue weighted by Crippen LogP contribution is 2.25. The third kappa shape index (κ3) is 4.34. The van der Waals surface area contributed by atoms with Crippen LogP contribution in [0.2, 0.25) is 0 Å². The van der Waals surface area contributed by atoms with Gasteiger partial charge in [-0.3, -0.25) is 4.79 Å². The number of hydrogen-bond acceptors (Lipinski definition) is 5. The van der Waals surface area contributed by atoms with Gasteiger partial charge in [0, 0.05) is 24.5 Å². The average molecular weight is 288 g/mol. The molecule has 0 bridgehead atoms. The molecule has 1 aromatic carbocycles. The van der Waals surface area contributed by atoms with Gasteiger partial charge in [0.25, 0.3) is 0 Å². The van der Waals surface area contributed by atoms with Crippen molar-refractivity contribution < 1.29 is 14.6 Å². The van der Waals surface area contributed by atoms with Crippen LogP contribution in [0.5, 0.6) is 5.75 Å². The van der Waals surface area contributed by atoms with Crippen molar-refractivity contribution in [2.45, 2.75) is 25.7 Å². The normalized spacial score (nSPS) is 10.5. The molecule has 0 spiro atoms. The largest absolute Gasteiger partial charge is 0.508 e. The van der Waals surface area contributed by atoms with Gasteiger partial charge in [-0.2, -0.15) is 0 Å². The summed E-state index contributed by atoms with van der Waals surface area (Å²) in [5.74, 6) is 0.849. The van der Waals surface area contributed by atoms with Gasteiger partial charge in [-0.1, -0.05) is 12.5 Å². The van der Waals surface area contributed by atoms with Crippen molar-refractivity contribution in [1.82, 2.24) is 4.98 Å². The van der Waals surface area contributed by atoms with E-state index in [0.717, 1.165) is 42.4 Å². The molecule has 0 radical (unpaired) electrons. The first-order valence-corrected chi connectivity index (χ1v) is 7.09. The number of phenols is 1. The predicted octanol–water partition coefficient (Wildman–Crippen LogP) is 3.09. The highest BCUT2D eigenvalue weighted by atomic mass is 16.5. The van der Waals surface area contributed by atoms with Gasteiger partial charge in [0.05, 0.1) is 7.11 Å². The van der Waals surface area contributed by atoms with Gasteiger partial charge in [0.15, 0.2) is 0 Å². The molecule has 112 valence electrons. The summed E-state index contributed by atoms with van der Waals surface area (Å²) in [5, 5.41) is 14.8. The van der Waals surface area contributed by atoms with Crippen LogP contribution in [0.1, 0.15) is 25.7 Å². The standard InChI is InChI=1S/C16H20N2O3/c1-21-15(20)5-3-2-4-9-17-16-14-11-13(19)7-6-12(14)8-10-18-16/h6-8,10-11,19H,2-5,9H2,1H3,(H,17,18). The average Bonchev–Trinajstić information content (AvgIpc) is 2.50. The van der Waals surface area contributed by atoms with E-state index in [9.17, 15) is 9.90 Å². The van der Waals surface area contributed by atoms with Crippen molar-refractivity contribution in [3.05, 3.63) is 30.5 Å². The molecule has 0 unspecified atom stereocenters.